The van der Waals surface area contributed by atoms with E-state index >= 15 is 0 Å². The summed E-state index contributed by atoms with van der Waals surface area (Å²) >= 11 is 0. The fourth-order valence-electron chi connectivity index (χ4n) is 3.49. The van der Waals surface area contributed by atoms with E-state index in [1.165, 1.54) is 13.1 Å². The minimum Gasteiger partial charge on any atom is -0.507 e. The number of fused-ring (bicyclic) bond motifs is 1. The summed E-state index contributed by atoms with van der Waals surface area (Å²) < 4.78 is 19.6. The maximum Gasteiger partial charge on any atom is 0.269 e. The molecule has 0 bridgehead atoms. The molecule has 3 aromatic rings. The number of hydrogen-bond donors (Lipinski definition) is 2. The normalized spacial score (nSPS) is 19.1. The van der Waals surface area contributed by atoms with Crippen molar-refractivity contribution < 1.29 is 19.0 Å². The van der Waals surface area contributed by atoms with E-state index in [-0.39, 0.29) is 23.2 Å². The number of hydrogen-bond acceptors (Lipinski definition) is 6. The van der Waals surface area contributed by atoms with Crippen molar-refractivity contribution in [3.8, 4) is 22.9 Å². The predicted octanol–water partition coefficient (Wildman–Crippen LogP) is 3.42. The summed E-state index contributed by atoms with van der Waals surface area (Å²) in [5, 5.41) is 21.8. The van der Waals surface area contributed by atoms with Crippen LogP contribution in [-0.4, -0.2) is 45.5 Å². The average molecular weight is 396 g/mol. The van der Waals surface area contributed by atoms with Crippen LogP contribution in [0.4, 0.5) is 4.39 Å². The standard InChI is InChI=1S/C21H21FN4O3/c1-23-21(28)16-7-6-12-10-13(18(27)11-17(12)24-16)15-8-9-20(26-25-15)29-19-5-3-2-4-14(19)22/h6-11,14,19,27H,2-5H2,1H3,(H,23,28)/t14-,19+/m1/s1. The summed E-state index contributed by atoms with van der Waals surface area (Å²) in [5.74, 6) is -0.0657. The lowest BCUT2D eigenvalue weighted by Gasteiger charge is -2.25. The Morgan fingerprint density at radius 3 is 2.72 bits per heavy atom. The molecular formula is C21H21FN4O3. The van der Waals surface area contributed by atoms with E-state index in [1.54, 1.807) is 30.3 Å². The molecule has 1 amide bonds. The SMILES string of the molecule is CNC(=O)c1ccc2cc(-c3ccc(O[C@H]4CCCC[C@H]4F)nn3)c(O)cc2n1. The van der Waals surface area contributed by atoms with E-state index in [4.69, 9.17) is 4.74 Å². The van der Waals surface area contributed by atoms with Crippen molar-refractivity contribution in [3.05, 3.63) is 42.1 Å². The van der Waals surface area contributed by atoms with E-state index in [0.29, 0.717) is 29.6 Å². The van der Waals surface area contributed by atoms with Gasteiger partial charge in [0.15, 0.2) is 0 Å². The molecule has 7 nitrogen and oxygen atoms in total. The van der Waals surface area contributed by atoms with E-state index < -0.39 is 12.3 Å². The molecule has 2 N–H and O–H groups in total. The summed E-state index contributed by atoms with van der Waals surface area (Å²) in [4.78, 5) is 16.0. The second-order valence-electron chi connectivity index (χ2n) is 7.05. The number of halogens is 1. The number of nitrogens with zero attached hydrogens (tertiary/aromatic N) is 3. The van der Waals surface area contributed by atoms with Gasteiger partial charge in [-0.2, -0.15) is 0 Å². The highest BCUT2D eigenvalue weighted by molar-refractivity contribution is 5.96. The summed E-state index contributed by atoms with van der Waals surface area (Å²) in [5.41, 5.74) is 1.69. The highest BCUT2D eigenvalue weighted by atomic mass is 19.1. The third-order valence-electron chi connectivity index (χ3n) is 5.08. The van der Waals surface area contributed by atoms with Crippen LogP contribution in [0.25, 0.3) is 22.2 Å². The van der Waals surface area contributed by atoms with Gasteiger partial charge in [0.2, 0.25) is 5.88 Å². The van der Waals surface area contributed by atoms with Crippen LogP contribution in [-0.2, 0) is 0 Å². The Labute approximate surface area is 166 Å². The Kier molecular flexibility index (Phi) is 5.24. The molecule has 150 valence electrons. The maximum absolute atomic E-state index is 13.9. The van der Waals surface area contributed by atoms with Gasteiger partial charge < -0.3 is 15.2 Å². The van der Waals surface area contributed by atoms with Crippen LogP contribution in [0.5, 0.6) is 11.6 Å². The van der Waals surface area contributed by atoms with E-state index in [1.807, 2.05) is 0 Å². The largest absolute Gasteiger partial charge is 0.507 e. The highest BCUT2D eigenvalue weighted by Crippen LogP contribution is 2.32. The number of carbonyl (C=O) groups excluding carboxylic acids is 1. The molecule has 2 atom stereocenters. The topological polar surface area (TPSA) is 97.2 Å². The molecule has 1 saturated carbocycles. The van der Waals surface area contributed by atoms with Gasteiger partial charge in [-0.15, -0.1) is 10.2 Å². The number of phenolic OH excluding ortho intramolecular Hbond substituents is 1. The molecule has 29 heavy (non-hydrogen) atoms. The van der Waals surface area contributed by atoms with Crippen LogP contribution in [0, 0.1) is 0 Å². The first kappa shape index (κ1) is 19.0. The third-order valence-corrected chi connectivity index (χ3v) is 5.08. The zero-order valence-corrected chi connectivity index (χ0v) is 15.9. The molecule has 8 heteroatoms. The lowest BCUT2D eigenvalue weighted by molar-refractivity contribution is 0.0594. The molecule has 0 saturated heterocycles. The molecule has 0 unspecified atom stereocenters. The molecule has 0 spiro atoms. The summed E-state index contributed by atoms with van der Waals surface area (Å²) in [6.07, 6.45) is 1.53. The Morgan fingerprint density at radius 2 is 2.00 bits per heavy atom. The maximum atomic E-state index is 13.9. The van der Waals surface area contributed by atoms with Crippen LogP contribution in [0.3, 0.4) is 0 Å². The molecule has 1 fully saturated rings. The Hall–Kier alpha value is -3.29. The number of phenols is 1. The van der Waals surface area contributed by atoms with Crippen LogP contribution in [0.15, 0.2) is 36.4 Å². The van der Waals surface area contributed by atoms with Crippen molar-refractivity contribution >= 4 is 16.8 Å². The zero-order valence-electron chi connectivity index (χ0n) is 15.9. The monoisotopic (exact) mass is 396 g/mol. The van der Waals surface area contributed by atoms with Gasteiger partial charge in [-0.1, -0.05) is 12.5 Å². The zero-order chi connectivity index (χ0) is 20.4. The fraction of sp³-hybridized carbons (Fsp3) is 0.333. The molecule has 2 heterocycles. The summed E-state index contributed by atoms with van der Waals surface area (Å²) in [6, 6.07) is 9.88. The van der Waals surface area contributed by atoms with Crippen molar-refractivity contribution in [2.24, 2.45) is 0 Å². The minimum atomic E-state index is -0.984. The smallest absolute Gasteiger partial charge is 0.269 e. The number of nitrogens with one attached hydrogen (secondary N) is 1. The lowest BCUT2D eigenvalue weighted by atomic mass is 9.96. The van der Waals surface area contributed by atoms with Crippen molar-refractivity contribution in [2.45, 2.75) is 38.0 Å². The van der Waals surface area contributed by atoms with E-state index in [0.717, 1.165) is 18.2 Å². The molecule has 0 radical (unpaired) electrons. The van der Waals surface area contributed by atoms with Gasteiger partial charge in [0, 0.05) is 30.1 Å². The number of aromatic nitrogens is 3. The molecule has 1 aromatic carbocycles. The molecule has 4 rings (SSSR count). The molecule has 1 aliphatic rings. The molecule has 2 aromatic heterocycles. The first-order valence-electron chi connectivity index (χ1n) is 9.56. The van der Waals surface area contributed by atoms with Gasteiger partial charge >= 0.3 is 0 Å². The minimum absolute atomic E-state index is 0.0295. The first-order valence-corrected chi connectivity index (χ1v) is 9.56. The second kappa shape index (κ2) is 7.98. The van der Waals surface area contributed by atoms with Gasteiger partial charge in [0.05, 0.1) is 11.2 Å². The van der Waals surface area contributed by atoms with Crippen LogP contribution >= 0.6 is 0 Å². The van der Waals surface area contributed by atoms with E-state index in [9.17, 15) is 14.3 Å². The van der Waals surface area contributed by atoms with Crippen LogP contribution < -0.4 is 10.1 Å². The number of ether oxygens (including phenoxy) is 1. The quantitative estimate of drug-likeness (QED) is 0.701. The Bertz CT molecular complexity index is 1040. The number of alkyl halides is 1. The van der Waals surface area contributed by atoms with Crippen molar-refractivity contribution in [3.63, 3.8) is 0 Å². The number of pyridine rings is 1. The lowest BCUT2D eigenvalue weighted by Crippen LogP contribution is -2.32. The number of aromatic hydroxyl groups is 1. The van der Waals surface area contributed by atoms with E-state index in [2.05, 4.69) is 20.5 Å². The summed E-state index contributed by atoms with van der Waals surface area (Å²) in [6.45, 7) is 0. The van der Waals surface area contributed by atoms with Crippen molar-refractivity contribution in [2.75, 3.05) is 7.05 Å². The first-order chi connectivity index (χ1) is 14.0. The molecule has 0 aliphatic heterocycles. The Balaban J connectivity index is 1.59. The number of carbonyl (C=O) groups is 1. The highest BCUT2D eigenvalue weighted by Gasteiger charge is 2.26. The number of benzene rings is 1. The van der Waals surface area contributed by atoms with Gasteiger partial charge in [-0.25, -0.2) is 9.37 Å². The van der Waals surface area contributed by atoms with Gasteiger partial charge in [-0.3, -0.25) is 4.79 Å². The second-order valence-corrected chi connectivity index (χ2v) is 7.05. The number of amides is 1. The third kappa shape index (κ3) is 3.96. The van der Waals surface area contributed by atoms with Crippen LogP contribution in [0.1, 0.15) is 36.2 Å². The summed E-state index contributed by atoms with van der Waals surface area (Å²) in [7, 11) is 1.53. The number of rotatable bonds is 4. The van der Waals surface area contributed by atoms with Gasteiger partial charge in [0.25, 0.3) is 5.91 Å². The predicted molar refractivity (Wildman–Crippen MR) is 106 cm³/mol. The van der Waals surface area contributed by atoms with Gasteiger partial charge in [0.1, 0.15) is 23.7 Å². The van der Waals surface area contributed by atoms with Crippen molar-refractivity contribution in [1.29, 1.82) is 0 Å². The average Bonchev–Trinajstić information content (AvgIpc) is 2.74. The molecular weight excluding hydrogens is 375 g/mol. The Morgan fingerprint density at radius 1 is 1.17 bits per heavy atom. The van der Waals surface area contributed by atoms with Crippen LogP contribution in [0.2, 0.25) is 0 Å². The van der Waals surface area contributed by atoms with Crippen molar-refractivity contribution in [1.82, 2.24) is 20.5 Å². The molecule has 1 aliphatic carbocycles. The fourth-order valence-corrected chi connectivity index (χ4v) is 3.49. The van der Waals surface area contributed by atoms with Gasteiger partial charge in [-0.05, 0) is 37.5 Å².